The average molecular weight is 363 g/mol. The van der Waals surface area contributed by atoms with Crippen LogP contribution in [0.25, 0.3) is 11.5 Å². The van der Waals surface area contributed by atoms with Crippen molar-refractivity contribution in [2.75, 3.05) is 13.2 Å². The van der Waals surface area contributed by atoms with Crippen LogP contribution in [0.15, 0.2) is 65.2 Å². The number of carbonyl (C=O) groups excluding carboxylic acids is 1. The summed E-state index contributed by atoms with van der Waals surface area (Å²) in [4.78, 5) is 19.1. The van der Waals surface area contributed by atoms with Gasteiger partial charge in [-0.25, -0.2) is 0 Å². The minimum absolute atomic E-state index is 0.00388. The number of amides is 1. The highest BCUT2D eigenvalue weighted by molar-refractivity contribution is 5.78. The summed E-state index contributed by atoms with van der Waals surface area (Å²) in [6, 6.07) is 18.8. The predicted octanol–water partition coefficient (Wildman–Crippen LogP) is 3.87. The number of rotatable bonds is 5. The van der Waals surface area contributed by atoms with E-state index in [-0.39, 0.29) is 18.6 Å². The Morgan fingerprint density at radius 1 is 1.07 bits per heavy atom. The van der Waals surface area contributed by atoms with Crippen molar-refractivity contribution in [1.82, 2.24) is 15.0 Å². The fourth-order valence-corrected chi connectivity index (χ4v) is 3.31. The lowest BCUT2D eigenvalue weighted by atomic mass is 10.0. The summed E-state index contributed by atoms with van der Waals surface area (Å²) >= 11 is 0. The van der Waals surface area contributed by atoms with E-state index in [1.54, 1.807) is 0 Å². The van der Waals surface area contributed by atoms with Gasteiger partial charge >= 0.3 is 0 Å². The van der Waals surface area contributed by atoms with Crippen LogP contribution in [0.5, 0.6) is 5.75 Å². The van der Waals surface area contributed by atoms with Gasteiger partial charge in [0.25, 0.3) is 11.8 Å². The quantitative estimate of drug-likeness (QED) is 0.688. The molecule has 138 valence electrons. The lowest BCUT2D eigenvalue weighted by Crippen LogP contribution is -2.41. The highest BCUT2D eigenvalue weighted by Crippen LogP contribution is 2.30. The molecule has 1 saturated heterocycles. The molecule has 0 bridgehead atoms. The lowest BCUT2D eigenvalue weighted by Gasteiger charge is -2.33. The van der Waals surface area contributed by atoms with Crippen LogP contribution in [0.4, 0.5) is 0 Å². The van der Waals surface area contributed by atoms with Crippen molar-refractivity contribution in [1.29, 1.82) is 0 Å². The first kappa shape index (κ1) is 17.3. The van der Waals surface area contributed by atoms with E-state index in [4.69, 9.17) is 9.26 Å². The highest BCUT2D eigenvalue weighted by Gasteiger charge is 2.31. The minimum Gasteiger partial charge on any atom is -0.484 e. The third kappa shape index (κ3) is 4.00. The van der Waals surface area contributed by atoms with Gasteiger partial charge in [0.05, 0.1) is 6.04 Å². The van der Waals surface area contributed by atoms with Crippen molar-refractivity contribution in [2.24, 2.45) is 0 Å². The monoisotopic (exact) mass is 363 g/mol. The van der Waals surface area contributed by atoms with Crippen LogP contribution in [0.1, 0.15) is 31.1 Å². The Hall–Kier alpha value is -3.15. The molecule has 0 N–H and O–H groups in total. The van der Waals surface area contributed by atoms with Crippen LogP contribution in [0.3, 0.4) is 0 Å². The first-order valence-corrected chi connectivity index (χ1v) is 9.17. The zero-order chi connectivity index (χ0) is 18.5. The number of nitrogens with zero attached hydrogens (tertiary/aromatic N) is 3. The van der Waals surface area contributed by atoms with Gasteiger partial charge in [-0.05, 0) is 43.5 Å². The van der Waals surface area contributed by atoms with Crippen LogP contribution in [0, 0.1) is 0 Å². The molecule has 2 aromatic carbocycles. The highest BCUT2D eigenvalue weighted by atomic mass is 16.5. The van der Waals surface area contributed by atoms with Crippen molar-refractivity contribution >= 4 is 5.91 Å². The third-order valence-corrected chi connectivity index (χ3v) is 4.69. The number of ether oxygens (including phenoxy) is 1. The Morgan fingerprint density at radius 2 is 1.81 bits per heavy atom. The number of aromatic nitrogens is 2. The topological polar surface area (TPSA) is 68.5 Å². The molecule has 4 rings (SSSR count). The number of carbonyl (C=O) groups is 1. The van der Waals surface area contributed by atoms with E-state index in [1.807, 2.05) is 65.6 Å². The normalized spacial score (nSPS) is 16.9. The molecule has 1 atom stereocenters. The largest absolute Gasteiger partial charge is 0.484 e. The SMILES string of the molecule is O=C(COc1ccccc1)N1CCCC[C@@H]1c1noc(-c2ccccc2)n1. The summed E-state index contributed by atoms with van der Waals surface area (Å²) < 4.78 is 11.1. The Balaban J connectivity index is 1.47. The number of para-hydroxylation sites is 1. The molecule has 0 spiro atoms. The molecule has 0 unspecified atom stereocenters. The number of hydrogen-bond donors (Lipinski definition) is 0. The zero-order valence-electron chi connectivity index (χ0n) is 15.0. The summed E-state index contributed by atoms with van der Waals surface area (Å²) in [7, 11) is 0. The van der Waals surface area contributed by atoms with Gasteiger partial charge in [-0.3, -0.25) is 4.79 Å². The Morgan fingerprint density at radius 3 is 2.59 bits per heavy atom. The molecule has 0 saturated carbocycles. The summed E-state index contributed by atoms with van der Waals surface area (Å²) in [6.07, 6.45) is 2.82. The van der Waals surface area contributed by atoms with Gasteiger partial charge in [0.15, 0.2) is 12.4 Å². The van der Waals surface area contributed by atoms with E-state index in [9.17, 15) is 4.79 Å². The van der Waals surface area contributed by atoms with Crippen molar-refractivity contribution in [3.63, 3.8) is 0 Å². The van der Waals surface area contributed by atoms with E-state index < -0.39 is 0 Å². The van der Waals surface area contributed by atoms with Gasteiger partial charge in [-0.15, -0.1) is 0 Å². The fraction of sp³-hybridized carbons (Fsp3) is 0.286. The Bertz CT molecular complexity index is 880. The predicted molar refractivity (Wildman–Crippen MR) is 100.0 cm³/mol. The molecular formula is C21H21N3O3. The van der Waals surface area contributed by atoms with Gasteiger partial charge < -0.3 is 14.2 Å². The Labute approximate surface area is 157 Å². The summed E-state index contributed by atoms with van der Waals surface area (Å²) in [5.41, 5.74) is 0.873. The van der Waals surface area contributed by atoms with Crippen molar-refractivity contribution in [2.45, 2.75) is 25.3 Å². The van der Waals surface area contributed by atoms with Crippen molar-refractivity contribution < 1.29 is 14.1 Å². The van der Waals surface area contributed by atoms with Crippen LogP contribution in [0.2, 0.25) is 0 Å². The zero-order valence-corrected chi connectivity index (χ0v) is 15.0. The molecule has 0 aliphatic carbocycles. The summed E-state index contributed by atoms with van der Waals surface area (Å²) in [6.45, 7) is 0.681. The number of piperidine rings is 1. The second-order valence-electron chi connectivity index (χ2n) is 6.52. The first-order chi connectivity index (χ1) is 13.3. The Kier molecular flexibility index (Phi) is 5.14. The van der Waals surface area contributed by atoms with E-state index in [1.165, 1.54) is 0 Å². The maximum Gasteiger partial charge on any atom is 0.261 e. The average Bonchev–Trinajstić information content (AvgIpc) is 3.23. The van der Waals surface area contributed by atoms with Crippen molar-refractivity contribution in [3.05, 3.63) is 66.5 Å². The number of likely N-dealkylation sites (tertiary alicyclic amines) is 1. The van der Waals surface area contributed by atoms with Crippen LogP contribution in [-0.4, -0.2) is 34.1 Å². The van der Waals surface area contributed by atoms with E-state index in [2.05, 4.69) is 10.1 Å². The third-order valence-electron chi connectivity index (χ3n) is 4.69. The lowest BCUT2D eigenvalue weighted by molar-refractivity contribution is -0.137. The molecule has 1 aromatic heterocycles. The van der Waals surface area contributed by atoms with E-state index >= 15 is 0 Å². The maximum absolute atomic E-state index is 12.7. The van der Waals surface area contributed by atoms with Gasteiger partial charge in [0.2, 0.25) is 0 Å². The van der Waals surface area contributed by atoms with Gasteiger partial charge in [0.1, 0.15) is 5.75 Å². The maximum atomic E-state index is 12.7. The molecule has 1 amide bonds. The second kappa shape index (κ2) is 8.03. The molecule has 3 aromatic rings. The van der Waals surface area contributed by atoms with Gasteiger partial charge in [-0.2, -0.15) is 4.98 Å². The van der Waals surface area contributed by atoms with Gasteiger partial charge in [-0.1, -0.05) is 41.6 Å². The van der Waals surface area contributed by atoms with Crippen molar-refractivity contribution in [3.8, 4) is 17.2 Å². The molecule has 6 heteroatoms. The summed E-state index contributed by atoms with van der Waals surface area (Å²) in [5, 5.41) is 4.15. The van der Waals surface area contributed by atoms with E-state index in [0.29, 0.717) is 24.0 Å². The number of benzene rings is 2. The molecular weight excluding hydrogens is 342 g/mol. The van der Waals surface area contributed by atoms with Crippen LogP contribution < -0.4 is 4.74 Å². The first-order valence-electron chi connectivity index (χ1n) is 9.17. The molecule has 0 radical (unpaired) electrons. The fourth-order valence-electron chi connectivity index (χ4n) is 3.31. The molecule has 6 nitrogen and oxygen atoms in total. The van der Waals surface area contributed by atoms with Gasteiger partial charge in [0, 0.05) is 12.1 Å². The van der Waals surface area contributed by atoms with Crippen LogP contribution >= 0.6 is 0 Å². The smallest absolute Gasteiger partial charge is 0.261 e. The molecule has 1 aliphatic heterocycles. The van der Waals surface area contributed by atoms with E-state index in [0.717, 1.165) is 24.8 Å². The van der Waals surface area contributed by atoms with Crippen LogP contribution in [-0.2, 0) is 4.79 Å². The minimum atomic E-state index is -0.174. The number of hydrogen-bond acceptors (Lipinski definition) is 5. The molecule has 1 fully saturated rings. The summed E-state index contributed by atoms with van der Waals surface area (Å²) in [5.74, 6) is 1.66. The second-order valence-corrected chi connectivity index (χ2v) is 6.52. The molecule has 1 aliphatic rings. The molecule has 27 heavy (non-hydrogen) atoms. The molecule has 2 heterocycles. The standard InChI is InChI=1S/C21H21N3O3/c25-19(15-26-17-11-5-2-6-12-17)24-14-8-7-13-18(24)20-22-21(27-23-20)16-9-3-1-4-10-16/h1-6,9-12,18H,7-8,13-15H2/t18-/m1/s1.